The van der Waals surface area contributed by atoms with Gasteiger partial charge in [0.15, 0.2) is 0 Å². The Morgan fingerprint density at radius 3 is 2.18 bits per heavy atom. The molecule has 0 aliphatic carbocycles. The highest BCUT2D eigenvalue weighted by Gasteiger charge is 2.08. The second-order valence-electron chi connectivity index (χ2n) is 3.29. The molecular weight excluding hydrogens is 482 g/mol. The molecule has 0 fully saturated rings. The number of nitrogens with one attached hydrogen (secondary N) is 1. The molecule has 0 bridgehead atoms. The largest absolute Gasteiger partial charge is 0.466 e. The lowest BCUT2D eigenvalue weighted by Gasteiger charge is -2.10. The van der Waals surface area contributed by atoms with Crippen molar-refractivity contribution in [3.63, 3.8) is 0 Å². The fourth-order valence-corrected chi connectivity index (χ4v) is 4.21. The molecule has 90 valence electrons. The van der Waals surface area contributed by atoms with E-state index in [4.69, 9.17) is 4.42 Å². The molecule has 0 saturated heterocycles. The molecule has 0 aliphatic heterocycles. The first-order chi connectivity index (χ1) is 8.08. The van der Waals surface area contributed by atoms with Crippen molar-refractivity contribution in [2.45, 2.75) is 6.54 Å². The Hall–Kier alpha value is 0.220. The predicted molar refractivity (Wildman–Crippen MR) is 83.3 cm³/mol. The summed E-state index contributed by atoms with van der Waals surface area (Å²) in [6.07, 6.45) is 1.66. The molecule has 1 heterocycles. The van der Waals surface area contributed by atoms with E-state index in [-0.39, 0.29) is 0 Å². The van der Waals surface area contributed by atoms with Crippen molar-refractivity contribution in [3.05, 3.63) is 48.1 Å². The van der Waals surface area contributed by atoms with Gasteiger partial charge in [0.05, 0.1) is 23.0 Å². The molecule has 1 aromatic carbocycles. The second kappa shape index (κ2) is 5.91. The van der Waals surface area contributed by atoms with E-state index in [9.17, 15) is 0 Å². The summed E-state index contributed by atoms with van der Waals surface area (Å²) >= 11 is 13.9. The first kappa shape index (κ1) is 13.6. The van der Waals surface area contributed by atoms with Crippen LogP contribution >= 0.6 is 63.7 Å². The van der Waals surface area contributed by atoms with Crippen molar-refractivity contribution in [2.24, 2.45) is 0 Å². The number of halogens is 4. The van der Waals surface area contributed by atoms with Crippen LogP contribution in [0.1, 0.15) is 5.76 Å². The number of rotatable bonds is 3. The summed E-state index contributed by atoms with van der Waals surface area (Å²) in [6.45, 7) is 0.617. The van der Waals surface area contributed by atoms with Crippen LogP contribution in [0.4, 0.5) is 5.69 Å². The Labute approximate surface area is 133 Å². The maximum Gasteiger partial charge on any atom is 0.136 e. The van der Waals surface area contributed by atoms with Gasteiger partial charge in [0, 0.05) is 13.4 Å². The Balaban J connectivity index is 2.17. The summed E-state index contributed by atoms with van der Waals surface area (Å²) in [7, 11) is 0. The minimum Gasteiger partial charge on any atom is -0.466 e. The predicted octanol–water partition coefficient (Wildman–Crippen LogP) is 5.94. The summed E-state index contributed by atoms with van der Waals surface area (Å²) in [6, 6.07) is 5.86. The third-order valence-electron chi connectivity index (χ3n) is 2.12. The SMILES string of the molecule is Brc1cc(Br)c(NCc2occc2Br)c(Br)c1. The minimum atomic E-state index is 0.617. The van der Waals surface area contributed by atoms with Gasteiger partial charge in [0.1, 0.15) is 5.76 Å². The van der Waals surface area contributed by atoms with E-state index < -0.39 is 0 Å². The molecule has 1 N–H and O–H groups in total. The summed E-state index contributed by atoms with van der Waals surface area (Å²) in [4.78, 5) is 0. The Bertz CT molecular complexity index is 515. The van der Waals surface area contributed by atoms with E-state index in [2.05, 4.69) is 69.0 Å². The average Bonchev–Trinajstić information content (AvgIpc) is 2.62. The van der Waals surface area contributed by atoms with Crippen LogP contribution in [0.2, 0.25) is 0 Å². The minimum absolute atomic E-state index is 0.617. The number of furan rings is 1. The smallest absolute Gasteiger partial charge is 0.136 e. The maximum atomic E-state index is 5.34. The van der Waals surface area contributed by atoms with E-state index in [0.29, 0.717) is 6.54 Å². The summed E-state index contributed by atoms with van der Waals surface area (Å²) in [5, 5.41) is 3.31. The molecule has 0 aliphatic rings. The van der Waals surface area contributed by atoms with Crippen LogP contribution in [0.25, 0.3) is 0 Å². The van der Waals surface area contributed by atoms with Crippen LogP contribution in [0.3, 0.4) is 0 Å². The fourth-order valence-electron chi connectivity index (χ4n) is 1.33. The number of anilines is 1. The molecule has 17 heavy (non-hydrogen) atoms. The van der Waals surface area contributed by atoms with E-state index in [0.717, 1.165) is 29.3 Å². The standard InChI is InChI=1S/C11H7Br4NO/c12-6-3-8(14)11(9(15)4-6)16-5-10-7(13)1-2-17-10/h1-4,16H,5H2. The monoisotopic (exact) mass is 485 g/mol. The summed E-state index contributed by atoms with van der Waals surface area (Å²) < 4.78 is 9.30. The van der Waals surface area contributed by atoms with Crippen LogP contribution in [0.15, 0.2) is 46.8 Å². The third kappa shape index (κ3) is 3.36. The zero-order chi connectivity index (χ0) is 12.4. The molecule has 6 heteroatoms. The quantitative estimate of drug-likeness (QED) is 0.578. The molecule has 2 rings (SSSR count). The molecule has 0 saturated carbocycles. The summed E-state index contributed by atoms with van der Waals surface area (Å²) in [5.41, 5.74) is 0.997. The van der Waals surface area contributed by atoms with Gasteiger partial charge in [-0.3, -0.25) is 0 Å². The number of hydrogen-bond donors (Lipinski definition) is 1. The van der Waals surface area contributed by atoms with E-state index in [1.807, 2.05) is 18.2 Å². The van der Waals surface area contributed by atoms with Crippen molar-refractivity contribution in [1.29, 1.82) is 0 Å². The highest BCUT2D eigenvalue weighted by molar-refractivity contribution is 9.11. The van der Waals surface area contributed by atoms with Crippen LogP contribution in [0, 0.1) is 0 Å². The topological polar surface area (TPSA) is 25.2 Å². The molecule has 0 radical (unpaired) electrons. The van der Waals surface area contributed by atoms with Crippen LogP contribution in [-0.4, -0.2) is 0 Å². The van der Waals surface area contributed by atoms with Crippen molar-refractivity contribution >= 4 is 69.4 Å². The van der Waals surface area contributed by atoms with Gasteiger partial charge >= 0.3 is 0 Å². The Kier molecular flexibility index (Phi) is 4.74. The van der Waals surface area contributed by atoms with E-state index >= 15 is 0 Å². The number of hydrogen-bond acceptors (Lipinski definition) is 2. The molecule has 2 aromatic rings. The van der Waals surface area contributed by atoms with Gasteiger partial charge in [-0.2, -0.15) is 0 Å². The molecule has 0 spiro atoms. The van der Waals surface area contributed by atoms with Gasteiger partial charge in [0.2, 0.25) is 0 Å². The molecular formula is C11H7Br4NO. The molecule has 2 nitrogen and oxygen atoms in total. The first-order valence-corrected chi connectivity index (χ1v) is 7.85. The van der Waals surface area contributed by atoms with Crippen LogP contribution in [-0.2, 0) is 6.54 Å². The van der Waals surface area contributed by atoms with Gasteiger partial charge in [0.25, 0.3) is 0 Å². The maximum absolute atomic E-state index is 5.34. The molecule has 0 unspecified atom stereocenters. The zero-order valence-corrected chi connectivity index (χ0v) is 14.8. The highest BCUT2D eigenvalue weighted by Crippen LogP contribution is 2.35. The zero-order valence-electron chi connectivity index (χ0n) is 8.44. The van der Waals surface area contributed by atoms with Gasteiger partial charge in [-0.05, 0) is 66.0 Å². The van der Waals surface area contributed by atoms with Crippen molar-refractivity contribution in [2.75, 3.05) is 5.32 Å². The number of benzene rings is 1. The first-order valence-electron chi connectivity index (χ1n) is 4.68. The van der Waals surface area contributed by atoms with Gasteiger partial charge in [-0.15, -0.1) is 0 Å². The fraction of sp³-hybridized carbons (Fsp3) is 0.0909. The second-order valence-corrected chi connectivity index (χ2v) is 6.77. The normalized spacial score (nSPS) is 10.6. The average molecular weight is 489 g/mol. The third-order valence-corrected chi connectivity index (χ3v) is 4.54. The van der Waals surface area contributed by atoms with Crippen LogP contribution in [0.5, 0.6) is 0 Å². The molecule has 0 amide bonds. The van der Waals surface area contributed by atoms with Crippen molar-refractivity contribution < 1.29 is 4.42 Å². The van der Waals surface area contributed by atoms with E-state index in [1.54, 1.807) is 6.26 Å². The van der Waals surface area contributed by atoms with Crippen molar-refractivity contribution in [3.8, 4) is 0 Å². The van der Waals surface area contributed by atoms with Gasteiger partial charge in [-0.25, -0.2) is 0 Å². The Morgan fingerprint density at radius 2 is 1.65 bits per heavy atom. The lowest BCUT2D eigenvalue weighted by molar-refractivity contribution is 0.516. The van der Waals surface area contributed by atoms with E-state index in [1.165, 1.54) is 0 Å². The highest BCUT2D eigenvalue weighted by atomic mass is 79.9. The van der Waals surface area contributed by atoms with Gasteiger partial charge < -0.3 is 9.73 Å². The van der Waals surface area contributed by atoms with Crippen LogP contribution < -0.4 is 5.32 Å². The molecule has 1 aromatic heterocycles. The van der Waals surface area contributed by atoms with Crippen molar-refractivity contribution in [1.82, 2.24) is 0 Å². The molecule has 0 atom stereocenters. The van der Waals surface area contributed by atoms with Gasteiger partial charge in [-0.1, -0.05) is 15.9 Å². The lowest BCUT2D eigenvalue weighted by Crippen LogP contribution is -2.00. The Morgan fingerprint density at radius 1 is 1.00 bits per heavy atom. The summed E-state index contributed by atoms with van der Waals surface area (Å²) in [5.74, 6) is 0.867. The lowest BCUT2D eigenvalue weighted by atomic mass is 10.3.